The lowest BCUT2D eigenvalue weighted by atomic mass is 10.1. The van der Waals surface area contributed by atoms with Gasteiger partial charge in [0.25, 0.3) is 5.91 Å². The van der Waals surface area contributed by atoms with Crippen molar-refractivity contribution in [3.05, 3.63) is 54.6 Å². The summed E-state index contributed by atoms with van der Waals surface area (Å²) in [6, 6.07) is 5.31. The molecule has 0 radical (unpaired) electrons. The molecule has 26 heavy (non-hydrogen) atoms. The van der Waals surface area contributed by atoms with E-state index < -0.39 is 5.91 Å². The number of piperazine rings is 1. The number of nitrogens with zero attached hydrogens (tertiary/aromatic N) is 4. The molecule has 7 nitrogen and oxygen atoms in total. The Morgan fingerprint density at radius 3 is 2.62 bits per heavy atom. The normalized spacial score (nSPS) is 17.2. The zero-order valence-corrected chi connectivity index (χ0v) is 14.3. The van der Waals surface area contributed by atoms with Crippen molar-refractivity contribution in [2.45, 2.75) is 13.0 Å². The van der Waals surface area contributed by atoms with E-state index in [1.54, 1.807) is 9.80 Å². The number of carbonyl (C=O) groups is 2. The molecule has 8 heteroatoms. The number of carbonyl (C=O) groups excluding carboxylic acids is 2. The number of halogens is 1. The molecule has 0 unspecified atom stereocenters. The van der Waals surface area contributed by atoms with Crippen molar-refractivity contribution in [2.24, 2.45) is 0 Å². The monoisotopic (exact) mass is 358 g/mol. The standard InChI is InChI=1S/C18H19FN4O3/c1-3-16(25)21-8-9-22(12(2)10-21)18(26)17-15(24)11-23(20-17)14-6-4-13(19)5-7-14/h3-7,11-12,24H,1,8-10H2,2H3/t12-/m0/s1. The number of hydrogen-bond acceptors (Lipinski definition) is 4. The molecule has 1 aromatic heterocycles. The first-order valence-electron chi connectivity index (χ1n) is 8.17. The van der Waals surface area contributed by atoms with Crippen LogP contribution in [0.1, 0.15) is 17.4 Å². The van der Waals surface area contributed by atoms with E-state index in [4.69, 9.17) is 0 Å². The second-order valence-corrected chi connectivity index (χ2v) is 6.12. The van der Waals surface area contributed by atoms with Crippen molar-refractivity contribution in [1.82, 2.24) is 19.6 Å². The van der Waals surface area contributed by atoms with Gasteiger partial charge in [0, 0.05) is 25.7 Å². The van der Waals surface area contributed by atoms with Crippen molar-refractivity contribution >= 4 is 11.8 Å². The highest BCUT2D eigenvalue weighted by Gasteiger charge is 2.32. The molecule has 1 fully saturated rings. The number of rotatable bonds is 3. The summed E-state index contributed by atoms with van der Waals surface area (Å²) in [5.41, 5.74) is 0.444. The largest absolute Gasteiger partial charge is 0.504 e. The summed E-state index contributed by atoms with van der Waals surface area (Å²) in [5.74, 6) is -1.23. The predicted molar refractivity (Wildman–Crippen MR) is 92.5 cm³/mol. The van der Waals surface area contributed by atoms with Crippen molar-refractivity contribution in [3.63, 3.8) is 0 Å². The average Bonchev–Trinajstić information content (AvgIpc) is 3.02. The van der Waals surface area contributed by atoms with Crippen molar-refractivity contribution in [2.75, 3.05) is 19.6 Å². The Hall–Kier alpha value is -3.16. The van der Waals surface area contributed by atoms with Gasteiger partial charge in [0.15, 0.2) is 11.4 Å². The summed E-state index contributed by atoms with van der Waals surface area (Å²) in [5, 5.41) is 14.3. The third-order valence-electron chi connectivity index (χ3n) is 4.36. The minimum absolute atomic E-state index is 0.0790. The number of aromatic nitrogens is 2. The fourth-order valence-electron chi connectivity index (χ4n) is 2.97. The molecule has 136 valence electrons. The van der Waals surface area contributed by atoms with Crippen LogP contribution in [-0.4, -0.2) is 62.2 Å². The quantitative estimate of drug-likeness (QED) is 0.845. The molecular formula is C18H19FN4O3. The molecule has 2 aromatic rings. The van der Waals surface area contributed by atoms with Crippen LogP contribution >= 0.6 is 0 Å². The van der Waals surface area contributed by atoms with E-state index in [9.17, 15) is 19.1 Å². The lowest BCUT2D eigenvalue weighted by Crippen LogP contribution is -2.55. The van der Waals surface area contributed by atoms with Crippen LogP contribution in [0.25, 0.3) is 5.69 Å². The van der Waals surface area contributed by atoms with Crippen LogP contribution in [0, 0.1) is 5.82 Å². The first-order chi connectivity index (χ1) is 12.4. The molecule has 1 aromatic carbocycles. The zero-order valence-electron chi connectivity index (χ0n) is 14.3. The summed E-state index contributed by atoms with van der Waals surface area (Å²) in [6.45, 7) is 6.41. The summed E-state index contributed by atoms with van der Waals surface area (Å²) < 4.78 is 14.4. The Morgan fingerprint density at radius 2 is 2.00 bits per heavy atom. The van der Waals surface area contributed by atoms with Gasteiger partial charge in [-0.05, 0) is 37.3 Å². The Bertz CT molecular complexity index is 847. The minimum Gasteiger partial charge on any atom is -0.504 e. The highest BCUT2D eigenvalue weighted by Crippen LogP contribution is 2.22. The Morgan fingerprint density at radius 1 is 1.31 bits per heavy atom. The Kier molecular flexibility index (Phi) is 4.75. The van der Waals surface area contributed by atoms with Crippen LogP contribution in [0.4, 0.5) is 4.39 Å². The fraction of sp³-hybridized carbons (Fsp3) is 0.278. The van der Waals surface area contributed by atoms with Crippen LogP contribution in [0.5, 0.6) is 5.75 Å². The topological polar surface area (TPSA) is 78.7 Å². The maximum Gasteiger partial charge on any atom is 0.278 e. The van der Waals surface area contributed by atoms with Gasteiger partial charge >= 0.3 is 0 Å². The molecule has 1 aliphatic rings. The molecule has 1 N–H and O–H groups in total. The molecule has 2 amide bonds. The van der Waals surface area contributed by atoms with Gasteiger partial charge in [-0.1, -0.05) is 6.58 Å². The molecule has 2 heterocycles. The molecule has 1 saturated heterocycles. The molecule has 0 bridgehead atoms. The lowest BCUT2D eigenvalue weighted by molar-refractivity contribution is -0.128. The first kappa shape index (κ1) is 17.7. The van der Waals surface area contributed by atoms with Gasteiger partial charge in [0.2, 0.25) is 5.91 Å². The molecular weight excluding hydrogens is 339 g/mol. The van der Waals surface area contributed by atoms with E-state index in [1.165, 1.54) is 41.2 Å². The van der Waals surface area contributed by atoms with E-state index in [1.807, 2.05) is 6.92 Å². The Labute approximate surface area is 149 Å². The van der Waals surface area contributed by atoms with Crippen LogP contribution in [-0.2, 0) is 4.79 Å². The van der Waals surface area contributed by atoms with Gasteiger partial charge in [-0.2, -0.15) is 5.10 Å². The fourth-order valence-corrected chi connectivity index (χ4v) is 2.97. The van der Waals surface area contributed by atoms with E-state index in [0.717, 1.165) is 0 Å². The van der Waals surface area contributed by atoms with Gasteiger partial charge in [-0.15, -0.1) is 0 Å². The van der Waals surface area contributed by atoms with Gasteiger partial charge in [-0.25, -0.2) is 9.07 Å². The second kappa shape index (κ2) is 6.99. The van der Waals surface area contributed by atoms with Gasteiger partial charge in [-0.3, -0.25) is 9.59 Å². The maximum atomic E-state index is 13.0. The summed E-state index contributed by atoms with van der Waals surface area (Å²) in [4.78, 5) is 27.7. The molecule has 0 aliphatic carbocycles. The highest BCUT2D eigenvalue weighted by molar-refractivity contribution is 5.95. The smallest absolute Gasteiger partial charge is 0.278 e. The third-order valence-corrected chi connectivity index (χ3v) is 4.36. The molecule has 0 saturated carbocycles. The van der Waals surface area contributed by atoms with Gasteiger partial charge in [0.05, 0.1) is 11.9 Å². The van der Waals surface area contributed by atoms with E-state index >= 15 is 0 Å². The average molecular weight is 358 g/mol. The molecule has 3 rings (SSSR count). The third kappa shape index (κ3) is 3.30. The summed E-state index contributed by atoms with van der Waals surface area (Å²) >= 11 is 0. The molecule has 1 aliphatic heterocycles. The SMILES string of the molecule is C=CC(=O)N1CCN(C(=O)c2nn(-c3ccc(F)cc3)cc2O)[C@@H](C)C1. The van der Waals surface area contributed by atoms with Crippen molar-refractivity contribution < 1.29 is 19.1 Å². The van der Waals surface area contributed by atoms with Gasteiger partial charge < -0.3 is 14.9 Å². The zero-order chi connectivity index (χ0) is 18.8. The highest BCUT2D eigenvalue weighted by atomic mass is 19.1. The first-order valence-corrected chi connectivity index (χ1v) is 8.17. The predicted octanol–water partition coefficient (Wildman–Crippen LogP) is 1.58. The number of aromatic hydroxyl groups is 1. The summed E-state index contributed by atoms with van der Waals surface area (Å²) in [7, 11) is 0. The number of hydrogen-bond donors (Lipinski definition) is 1. The summed E-state index contributed by atoms with van der Waals surface area (Å²) in [6.07, 6.45) is 2.56. The number of benzene rings is 1. The van der Waals surface area contributed by atoms with Crippen LogP contribution in [0.15, 0.2) is 43.1 Å². The van der Waals surface area contributed by atoms with E-state index in [2.05, 4.69) is 11.7 Å². The second-order valence-electron chi connectivity index (χ2n) is 6.12. The van der Waals surface area contributed by atoms with Crippen molar-refractivity contribution in [3.8, 4) is 11.4 Å². The minimum atomic E-state index is -0.415. The Balaban J connectivity index is 1.79. The van der Waals surface area contributed by atoms with Crippen LogP contribution in [0.2, 0.25) is 0 Å². The van der Waals surface area contributed by atoms with Crippen LogP contribution in [0.3, 0.4) is 0 Å². The maximum absolute atomic E-state index is 13.0. The molecule has 1 atom stereocenters. The molecule has 0 spiro atoms. The lowest BCUT2D eigenvalue weighted by Gasteiger charge is -2.39. The van der Waals surface area contributed by atoms with E-state index in [-0.39, 0.29) is 29.2 Å². The van der Waals surface area contributed by atoms with Crippen molar-refractivity contribution in [1.29, 1.82) is 0 Å². The van der Waals surface area contributed by atoms with E-state index in [0.29, 0.717) is 25.3 Å². The number of amides is 2. The van der Waals surface area contributed by atoms with Crippen LogP contribution < -0.4 is 0 Å². The van der Waals surface area contributed by atoms with Gasteiger partial charge in [0.1, 0.15) is 5.82 Å².